The van der Waals surface area contributed by atoms with Crippen LogP contribution in [0.2, 0.25) is 0 Å². The molecule has 0 fully saturated rings. The molecule has 0 saturated heterocycles. The summed E-state index contributed by atoms with van der Waals surface area (Å²) in [7, 11) is -4.17. The van der Waals surface area contributed by atoms with E-state index in [1.165, 1.54) is 71.1 Å². The molecule has 0 rings (SSSR count). The van der Waals surface area contributed by atoms with Crippen LogP contribution in [-0.2, 0) is 18.4 Å². The standard InChI is InChI=1S/C23H48NO6P/c1-4-6-7-8-9-10-11-12-13-14-15-16-17-18-23(26)22(24-21(3)25)20-30-31(27,28)29-19-5-2/h22-23,26H,4-20H2,1-3H3,(H,24,25)(H,27,28)/t22?,23-/m1/s1. The molecular formula is C23H48NO6P. The van der Waals surface area contributed by atoms with Gasteiger partial charge in [-0.3, -0.25) is 13.8 Å². The molecule has 0 aliphatic heterocycles. The maximum atomic E-state index is 11.8. The Kier molecular flexibility index (Phi) is 19.9. The predicted molar refractivity (Wildman–Crippen MR) is 126 cm³/mol. The van der Waals surface area contributed by atoms with Crippen LogP contribution in [0.4, 0.5) is 0 Å². The minimum Gasteiger partial charge on any atom is -0.391 e. The highest BCUT2D eigenvalue weighted by Gasteiger charge is 2.27. The second-order valence-corrected chi connectivity index (χ2v) is 9.96. The molecular weight excluding hydrogens is 417 g/mol. The van der Waals surface area contributed by atoms with E-state index in [4.69, 9.17) is 9.05 Å². The summed E-state index contributed by atoms with van der Waals surface area (Å²) in [5.41, 5.74) is 0. The van der Waals surface area contributed by atoms with E-state index in [9.17, 15) is 19.4 Å². The highest BCUT2D eigenvalue weighted by molar-refractivity contribution is 7.47. The molecule has 0 aromatic carbocycles. The van der Waals surface area contributed by atoms with Crippen LogP contribution in [0.3, 0.4) is 0 Å². The molecule has 0 bridgehead atoms. The number of nitrogens with one attached hydrogen (secondary N) is 1. The van der Waals surface area contributed by atoms with Gasteiger partial charge in [0.05, 0.1) is 25.4 Å². The SMILES string of the molecule is CCCCCCCCCCCCCCC[C@@H](O)C(COP(=O)(O)OCCC)NC(C)=O. The molecule has 0 saturated carbocycles. The van der Waals surface area contributed by atoms with Gasteiger partial charge in [0.15, 0.2) is 0 Å². The predicted octanol–water partition coefficient (Wildman–Crippen LogP) is 5.88. The fourth-order valence-corrected chi connectivity index (χ4v) is 4.34. The zero-order valence-corrected chi connectivity index (χ0v) is 21.0. The first-order valence-electron chi connectivity index (χ1n) is 12.4. The largest absolute Gasteiger partial charge is 0.472 e. The van der Waals surface area contributed by atoms with Crippen molar-refractivity contribution in [1.29, 1.82) is 0 Å². The lowest BCUT2D eigenvalue weighted by atomic mass is 10.0. The third-order valence-corrected chi connectivity index (χ3v) is 6.32. The first-order valence-corrected chi connectivity index (χ1v) is 13.9. The molecule has 0 heterocycles. The van der Waals surface area contributed by atoms with Crippen LogP contribution in [-0.4, -0.2) is 41.3 Å². The van der Waals surface area contributed by atoms with E-state index >= 15 is 0 Å². The molecule has 31 heavy (non-hydrogen) atoms. The number of hydrogen-bond donors (Lipinski definition) is 3. The van der Waals surface area contributed by atoms with Gasteiger partial charge in [-0.2, -0.15) is 0 Å². The number of phosphoric acid groups is 1. The number of phosphoric ester groups is 1. The normalized spacial score (nSPS) is 15.4. The van der Waals surface area contributed by atoms with E-state index in [1.807, 2.05) is 6.92 Å². The van der Waals surface area contributed by atoms with Gasteiger partial charge in [-0.15, -0.1) is 0 Å². The molecule has 0 aromatic heterocycles. The number of unbranched alkanes of at least 4 members (excludes halogenated alkanes) is 12. The molecule has 1 amide bonds. The van der Waals surface area contributed by atoms with E-state index in [0.29, 0.717) is 12.8 Å². The van der Waals surface area contributed by atoms with Gasteiger partial charge in [0, 0.05) is 6.92 Å². The van der Waals surface area contributed by atoms with Crippen molar-refractivity contribution in [3.63, 3.8) is 0 Å². The molecule has 0 aromatic rings. The van der Waals surface area contributed by atoms with Gasteiger partial charge in [0.1, 0.15) is 0 Å². The van der Waals surface area contributed by atoms with Crippen LogP contribution in [0, 0.1) is 0 Å². The van der Waals surface area contributed by atoms with Crippen molar-refractivity contribution in [1.82, 2.24) is 5.32 Å². The Morgan fingerprint density at radius 2 is 1.32 bits per heavy atom. The van der Waals surface area contributed by atoms with Crippen molar-refractivity contribution in [2.24, 2.45) is 0 Å². The van der Waals surface area contributed by atoms with Gasteiger partial charge < -0.3 is 15.3 Å². The van der Waals surface area contributed by atoms with Crippen molar-refractivity contribution in [3.05, 3.63) is 0 Å². The first-order chi connectivity index (χ1) is 14.8. The monoisotopic (exact) mass is 465 g/mol. The average Bonchev–Trinajstić information content (AvgIpc) is 2.72. The molecule has 8 heteroatoms. The Bertz CT molecular complexity index is 477. The van der Waals surface area contributed by atoms with Crippen LogP contribution in [0.15, 0.2) is 0 Å². The van der Waals surface area contributed by atoms with Gasteiger partial charge in [-0.05, 0) is 12.8 Å². The highest BCUT2D eigenvalue weighted by Crippen LogP contribution is 2.43. The molecule has 2 unspecified atom stereocenters. The number of aliphatic hydroxyl groups excluding tert-OH is 1. The minimum atomic E-state index is -4.17. The Balaban J connectivity index is 3.89. The van der Waals surface area contributed by atoms with E-state index in [0.717, 1.165) is 19.3 Å². The second kappa shape index (κ2) is 20.2. The van der Waals surface area contributed by atoms with Crippen LogP contribution < -0.4 is 5.32 Å². The lowest BCUT2D eigenvalue weighted by Crippen LogP contribution is -2.45. The zero-order chi connectivity index (χ0) is 23.4. The number of rotatable bonds is 22. The van der Waals surface area contributed by atoms with E-state index in [1.54, 1.807) is 0 Å². The molecule has 0 radical (unpaired) electrons. The number of carbonyl (C=O) groups excluding carboxylic acids is 1. The molecule has 0 aliphatic carbocycles. The summed E-state index contributed by atoms with van der Waals surface area (Å²) >= 11 is 0. The summed E-state index contributed by atoms with van der Waals surface area (Å²) < 4.78 is 21.5. The summed E-state index contributed by atoms with van der Waals surface area (Å²) in [6.45, 7) is 5.25. The van der Waals surface area contributed by atoms with E-state index in [-0.39, 0.29) is 19.1 Å². The molecule has 3 atom stereocenters. The van der Waals surface area contributed by atoms with Gasteiger partial charge in [0.2, 0.25) is 5.91 Å². The van der Waals surface area contributed by atoms with E-state index < -0.39 is 20.0 Å². The van der Waals surface area contributed by atoms with Crippen molar-refractivity contribution >= 4 is 13.7 Å². The summed E-state index contributed by atoms with van der Waals surface area (Å²) in [6, 6.07) is -0.736. The van der Waals surface area contributed by atoms with E-state index in [2.05, 4.69) is 12.2 Å². The molecule has 186 valence electrons. The van der Waals surface area contributed by atoms with Gasteiger partial charge in [0.25, 0.3) is 0 Å². The molecule has 3 N–H and O–H groups in total. The Hall–Kier alpha value is -0.460. The Morgan fingerprint density at radius 1 is 0.839 bits per heavy atom. The lowest BCUT2D eigenvalue weighted by molar-refractivity contribution is -0.121. The fourth-order valence-electron chi connectivity index (χ4n) is 3.50. The van der Waals surface area contributed by atoms with Crippen LogP contribution in [0.25, 0.3) is 0 Å². The van der Waals surface area contributed by atoms with Gasteiger partial charge in [-0.1, -0.05) is 97.3 Å². The quantitative estimate of drug-likeness (QED) is 0.136. The molecule has 0 aliphatic rings. The second-order valence-electron chi connectivity index (χ2n) is 8.50. The maximum absolute atomic E-state index is 11.8. The summed E-state index contributed by atoms with van der Waals surface area (Å²) in [4.78, 5) is 21.0. The summed E-state index contributed by atoms with van der Waals surface area (Å²) in [5.74, 6) is -0.319. The average molecular weight is 466 g/mol. The van der Waals surface area contributed by atoms with Gasteiger partial charge in [-0.25, -0.2) is 4.57 Å². The third-order valence-electron chi connectivity index (χ3n) is 5.33. The number of amides is 1. The van der Waals surface area contributed by atoms with Crippen LogP contribution >= 0.6 is 7.82 Å². The van der Waals surface area contributed by atoms with Crippen molar-refractivity contribution in [2.45, 2.75) is 129 Å². The topological polar surface area (TPSA) is 105 Å². The molecule has 0 spiro atoms. The number of aliphatic hydroxyl groups is 1. The summed E-state index contributed by atoms with van der Waals surface area (Å²) in [5, 5.41) is 13.0. The smallest absolute Gasteiger partial charge is 0.391 e. The Morgan fingerprint density at radius 3 is 1.77 bits per heavy atom. The first kappa shape index (κ1) is 30.5. The van der Waals surface area contributed by atoms with Crippen molar-refractivity contribution in [3.8, 4) is 0 Å². The molecule has 7 nitrogen and oxygen atoms in total. The van der Waals surface area contributed by atoms with Crippen molar-refractivity contribution < 1.29 is 28.4 Å². The number of hydrogen-bond acceptors (Lipinski definition) is 5. The summed E-state index contributed by atoms with van der Waals surface area (Å²) in [6.07, 6.45) is 16.5. The fraction of sp³-hybridized carbons (Fsp3) is 0.957. The van der Waals surface area contributed by atoms with Crippen molar-refractivity contribution in [2.75, 3.05) is 13.2 Å². The van der Waals surface area contributed by atoms with Crippen LogP contribution in [0.1, 0.15) is 117 Å². The number of carbonyl (C=O) groups is 1. The maximum Gasteiger partial charge on any atom is 0.472 e. The van der Waals surface area contributed by atoms with Gasteiger partial charge >= 0.3 is 7.82 Å². The zero-order valence-electron chi connectivity index (χ0n) is 20.2. The highest BCUT2D eigenvalue weighted by atomic mass is 31.2. The third kappa shape index (κ3) is 19.9. The van der Waals surface area contributed by atoms with Crippen LogP contribution in [0.5, 0.6) is 0 Å². The lowest BCUT2D eigenvalue weighted by Gasteiger charge is -2.24. The Labute approximate surface area is 190 Å². The minimum absolute atomic E-state index is 0.111.